The van der Waals surface area contributed by atoms with E-state index < -0.39 is 0 Å². The van der Waals surface area contributed by atoms with Crippen LogP contribution in [0.2, 0.25) is 5.02 Å². The molecular weight excluding hydrogens is 206 g/mol. The summed E-state index contributed by atoms with van der Waals surface area (Å²) in [6.45, 7) is 0. The molecule has 0 N–H and O–H groups in total. The summed E-state index contributed by atoms with van der Waals surface area (Å²) in [5.41, 5.74) is 1.39. The van der Waals surface area contributed by atoms with Crippen LogP contribution in [0, 0.1) is 11.3 Å². The first kappa shape index (κ1) is 10.5. The first-order valence-corrected chi connectivity index (χ1v) is 5.78. The Labute approximate surface area is 95.7 Å². The molecule has 0 aliphatic heterocycles. The van der Waals surface area contributed by atoms with E-state index >= 15 is 0 Å². The Morgan fingerprint density at radius 1 is 1.20 bits per heavy atom. The van der Waals surface area contributed by atoms with Gasteiger partial charge < -0.3 is 0 Å². The largest absolute Gasteiger partial charge is 0.198 e. The van der Waals surface area contributed by atoms with Crippen molar-refractivity contribution < 1.29 is 0 Å². The highest BCUT2D eigenvalue weighted by Gasteiger charge is 2.35. The molecule has 15 heavy (non-hydrogen) atoms. The Hall–Kier alpha value is -1.00. The van der Waals surface area contributed by atoms with Crippen LogP contribution in [-0.4, -0.2) is 0 Å². The van der Waals surface area contributed by atoms with Crippen molar-refractivity contribution in [3.63, 3.8) is 0 Å². The molecule has 1 aliphatic carbocycles. The number of halogens is 1. The number of hydrogen-bond donors (Lipinski definition) is 0. The van der Waals surface area contributed by atoms with Crippen LogP contribution < -0.4 is 0 Å². The number of benzene rings is 1. The van der Waals surface area contributed by atoms with E-state index in [-0.39, 0.29) is 5.41 Å². The topological polar surface area (TPSA) is 23.8 Å². The zero-order chi connectivity index (χ0) is 10.7. The lowest BCUT2D eigenvalue weighted by atomic mass is 9.76. The molecule has 1 aromatic rings. The van der Waals surface area contributed by atoms with E-state index in [0.29, 0.717) is 6.42 Å². The minimum atomic E-state index is 0.110. The molecule has 1 saturated carbocycles. The number of nitrogens with zero attached hydrogens (tertiary/aromatic N) is 1. The average Bonchev–Trinajstić information content (AvgIpc) is 2.69. The van der Waals surface area contributed by atoms with E-state index in [1.165, 1.54) is 18.4 Å². The van der Waals surface area contributed by atoms with Crippen molar-refractivity contribution in [1.29, 1.82) is 5.26 Å². The standard InChI is InChI=1S/C13H14ClN/c14-12-5-3-11(4-6-12)13(9-10-15)7-1-2-8-13/h3-6H,1-2,7-9H2. The van der Waals surface area contributed by atoms with Crippen LogP contribution in [0.25, 0.3) is 0 Å². The lowest BCUT2D eigenvalue weighted by Gasteiger charge is -2.26. The molecule has 0 heterocycles. The zero-order valence-electron chi connectivity index (χ0n) is 8.67. The van der Waals surface area contributed by atoms with Crippen LogP contribution in [0.5, 0.6) is 0 Å². The highest BCUT2D eigenvalue weighted by Crippen LogP contribution is 2.43. The molecule has 1 fully saturated rings. The molecule has 1 aliphatic rings. The lowest BCUT2D eigenvalue weighted by Crippen LogP contribution is -2.21. The molecule has 0 bridgehead atoms. The van der Waals surface area contributed by atoms with Crippen LogP contribution in [0.1, 0.15) is 37.7 Å². The summed E-state index contributed by atoms with van der Waals surface area (Å²) in [7, 11) is 0. The fraction of sp³-hybridized carbons (Fsp3) is 0.462. The molecular formula is C13H14ClN. The van der Waals surface area contributed by atoms with Crippen LogP contribution in [0.15, 0.2) is 24.3 Å². The van der Waals surface area contributed by atoms with Crippen molar-refractivity contribution in [2.24, 2.45) is 0 Å². The van der Waals surface area contributed by atoms with E-state index in [4.69, 9.17) is 16.9 Å². The summed E-state index contributed by atoms with van der Waals surface area (Å²) < 4.78 is 0. The predicted molar refractivity (Wildman–Crippen MR) is 61.8 cm³/mol. The Morgan fingerprint density at radius 3 is 2.33 bits per heavy atom. The third-order valence-electron chi connectivity index (χ3n) is 3.43. The molecule has 1 nitrogen and oxygen atoms in total. The summed E-state index contributed by atoms with van der Waals surface area (Å²) in [5, 5.41) is 9.70. The molecule has 1 aromatic carbocycles. The molecule has 0 spiro atoms. The van der Waals surface area contributed by atoms with Crippen molar-refractivity contribution in [2.45, 2.75) is 37.5 Å². The molecule has 2 rings (SSSR count). The van der Waals surface area contributed by atoms with Crippen molar-refractivity contribution in [3.8, 4) is 6.07 Å². The normalized spacial score (nSPS) is 18.7. The van der Waals surface area contributed by atoms with E-state index in [9.17, 15) is 0 Å². The van der Waals surface area contributed by atoms with Crippen LogP contribution >= 0.6 is 11.6 Å². The Kier molecular flexibility index (Phi) is 2.98. The second kappa shape index (κ2) is 4.24. The molecule has 0 amide bonds. The minimum Gasteiger partial charge on any atom is -0.198 e. The van der Waals surface area contributed by atoms with Gasteiger partial charge in [0.2, 0.25) is 0 Å². The highest BCUT2D eigenvalue weighted by atomic mass is 35.5. The lowest BCUT2D eigenvalue weighted by molar-refractivity contribution is 0.451. The van der Waals surface area contributed by atoms with E-state index in [0.717, 1.165) is 17.9 Å². The first-order valence-electron chi connectivity index (χ1n) is 5.40. The van der Waals surface area contributed by atoms with Gasteiger partial charge in [0.1, 0.15) is 0 Å². The number of hydrogen-bond acceptors (Lipinski definition) is 1. The Morgan fingerprint density at radius 2 is 1.80 bits per heavy atom. The second-order valence-corrected chi connectivity index (χ2v) is 4.77. The summed E-state index contributed by atoms with van der Waals surface area (Å²) in [6.07, 6.45) is 5.40. The second-order valence-electron chi connectivity index (χ2n) is 4.33. The summed E-state index contributed by atoms with van der Waals surface area (Å²) >= 11 is 5.88. The van der Waals surface area contributed by atoms with Gasteiger partial charge in [0.05, 0.1) is 6.07 Å². The Balaban J connectivity index is 2.33. The molecule has 0 unspecified atom stereocenters. The maximum atomic E-state index is 8.93. The fourth-order valence-corrected chi connectivity index (χ4v) is 2.70. The fourth-order valence-electron chi connectivity index (χ4n) is 2.57. The van der Waals surface area contributed by atoms with Crippen molar-refractivity contribution in [2.75, 3.05) is 0 Å². The van der Waals surface area contributed by atoms with E-state index in [1.807, 2.05) is 12.1 Å². The quantitative estimate of drug-likeness (QED) is 0.736. The van der Waals surface area contributed by atoms with Crippen molar-refractivity contribution in [1.82, 2.24) is 0 Å². The predicted octanol–water partition coefficient (Wildman–Crippen LogP) is 4.07. The molecule has 78 valence electrons. The van der Waals surface area contributed by atoms with Crippen molar-refractivity contribution in [3.05, 3.63) is 34.9 Å². The summed E-state index contributed by atoms with van der Waals surface area (Å²) in [4.78, 5) is 0. The number of nitriles is 1. The molecule has 0 atom stereocenters. The van der Waals surface area contributed by atoms with Crippen molar-refractivity contribution >= 4 is 11.6 Å². The van der Waals surface area contributed by atoms with Gasteiger partial charge in [0, 0.05) is 16.9 Å². The maximum absolute atomic E-state index is 8.93. The smallest absolute Gasteiger partial charge is 0.0631 e. The van der Waals surface area contributed by atoms with Crippen LogP contribution in [0.4, 0.5) is 0 Å². The SMILES string of the molecule is N#CCC1(c2ccc(Cl)cc2)CCCC1. The first-order chi connectivity index (χ1) is 7.27. The molecule has 0 aromatic heterocycles. The van der Waals surface area contributed by atoms with Gasteiger partial charge in [0.15, 0.2) is 0 Å². The number of rotatable bonds is 2. The van der Waals surface area contributed by atoms with Gasteiger partial charge in [-0.1, -0.05) is 36.6 Å². The molecule has 0 radical (unpaired) electrons. The average molecular weight is 220 g/mol. The maximum Gasteiger partial charge on any atom is 0.0631 e. The van der Waals surface area contributed by atoms with Gasteiger partial charge in [0.25, 0.3) is 0 Å². The summed E-state index contributed by atoms with van der Waals surface area (Å²) in [5.74, 6) is 0. The third-order valence-corrected chi connectivity index (χ3v) is 3.69. The van der Waals surface area contributed by atoms with Gasteiger partial charge in [-0.25, -0.2) is 0 Å². The Bertz CT molecular complexity index is 369. The zero-order valence-corrected chi connectivity index (χ0v) is 9.43. The van der Waals surface area contributed by atoms with Gasteiger partial charge in [-0.3, -0.25) is 0 Å². The van der Waals surface area contributed by atoms with E-state index in [2.05, 4.69) is 18.2 Å². The summed E-state index contributed by atoms with van der Waals surface area (Å²) in [6, 6.07) is 10.3. The van der Waals surface area contributed by atoms with Gasteiger partial charge in [-0.15, -0.1) is 0 Å². The van der Waals surface area contributed by atoms with Crippen LogP contribution in [-0.2, 0) is 5.41 Å². The van der Waals surface area contributed by atoms with Gasteiger partial charge in [-0.2, -0.15) is 5.26 Å². The van der Waals surface area contributed by atoms with Gasteiger partial charge >= 0.3 is 0 Å². The van der Waals surface area contributed by atoms with Crippen LogP contribution in [0.3, 0.4) is 0 Å². The monoisotopic (exact) mass is 219 g/mol. The highest BCUT2D eigenvalue weighted by molar-refractivity contribution is 6.30. The minimum absolute atomic E-state index is 0.110. The van der Waals surface area contributed by atoms with E-state index in [1.54, 1.807) is 0 Å². The molecule has 2 heteroatoms. The molecule has 0 saturated heterocycles. The third kappa shape index (κ3) is 2.01. The van der Waals surface area contributed by atoms with Gasteiger partial charge in [-0.05, 0) is 30.5 Å².